The molecule has 0 fully saturated rings. The molecule has 2 N–H and O–H groups in total. The van der Waals surface area contributed by atoms with Gasteiger partial charge in [0.25, 0.3) is 0 Å². The fraction of sp³-hybridized carbons (Fsp3) is 0.150. The molecule has 0 radical (unpaired) electrons. The summed E-state index contributed by atoms with van der Waals surface area (Å²) in [7, 11) is 0. The van der Waals surface area contributed by atoms with Crippen molar-refractivity contribution in [1.29, 1.82) is 0 Å². The number of halogens is 2. The van der Waals surface area contributed by atoms with E-state index in [1.165, 1.54) is 0 Å². The second-order valence-electron chi connectivity index (χ2n) is 5.99. The molecule has 140 valence electrons. The number of hydrogen-bond donors (Lipinski definition) is 2. The van der Waals surface area contributed by atoms with Crippen LogP contribution >= 0.6 is 34.5 Å². The van der Waals surface area contributed by atoms with Gasteiger partial charge in [-0.3, -0.25) is 0 Å². The minimum Gasteiger partial charge on any atom is -0.507 e. The number of benzene rings is 2. The van der Waals surface area contributed by atoms with Gasteiger partial charge >= 0.3 is 5.97 Å². The number of thiophene rings is 1. The van der Waals surface area contributed by atoms with Crippen molar-refractivity contribution in [3.63, 3.8) is 0 Å². The lowest BCUT2D eigenvalue weighted by atomic mass is 10.0. The topological polar surface area (TPSA) is 66.8 Å². The summed E-state index contributed by atoms with van der Waals surface area (Å²) >= 11 is 14.3. The smallest absolute Gasteiger partial charge is 0.341 e. The molecule has 1 aromatic heterocycles. The third kappa shape index (κ3) is 4.75. The highest BCUT2D eigenvalue weighted by atomic mass is 35.5. The molecule has 0 amide bonds. The highest BCUT2D eigenvalue weighted by Gasteiger charge is 2.13. The maximum Gasteiger partial charge on any atom is 0.341 e. The highest BCUT2D eigenvalue weighted by molar-refractivity contribution is 7.15. The lowest BCUT2D eigenvalue weighted by molar-refractivity contribution is -0.139. The van der Waals surface area contributed by atoms with Crippen molar-refractivity contribution in [1.82, 2.24) is 0 Å². The molecular weight excluding hydrogens is 407 g/mol. The van der Waals surface area contributed by atoms with Crippen LogP contribution in [0.4, 0.5) is 0 Å². The van der Waals surface area contributed by atoms with Gasteiger partial charge in [-0.05, 0) is 54.4 Å². The number of hydrogen-bond acceptors (Lipinski definition) is 4. The SMILES string of the molecule is Cc1ccc(-c2cc(Cc3c(Cl)cc(OCC(=O)O)cc3Cl)ccc2O)s1. The van der Waals surface area contributed by atoms with Gasteiger partial charge in [-0.15, -0.1) is 11.3 Å². The summed E-state index contributed by atoms with van der Waals surface area (Å²) in [6.07, 6.45) is 0.467. The highest BCUT2D eigenvalue weighted by Crippen LogP contribution is 2.37. The van der Waals surface area contributed by atoms with Crippen LogP contribution in [0.15, 0.2) is 42.5 Å². The second kappa shape index (κ2) is 8.21. The zero-order valence-corrected chi connectivity index (χ0v) is 16.7. The van der Waals surface area contributed by atoms with Gasteiger partial charge in [-0.25, -0.2) is 4.79 Å². The minimum atomic E-state index is -1.08. The average Bonchev–Trinajstić information content (AvgIpc) is 3.04. The van der Waals surface area contributed by atoms with Gasteiger partial charge in [0.15, 0.2) is 6.61 Å². The lowest BCUT2D eigenvalue weighted by Gasteiger charge is -2.12. The van der Waals surface area contributed by atoms with Gasteiger partial charge in [0.05, 0.1) is 0 Å². The van der Waals surface area contributed by atoms with Gasteiger partial charge in [0.1, 0.15) is 11.5 Å². The number of carbonyl (C=O) groups is 1. The first-order chi connectivity index (χ1) is 12.8. The molecule has 0 saturated carbocycles. The van der Waals surface area contributed by atoms with Gasteiger partial charge < -0.3 is 14.9 Å². The van der Waals surface area contributed by atoms with Crippen LogP contribution in [0, 0.1) is 6.92 Å². The number of carboxylic acid groups (broad SMARTS) is 1. The Bertz CT molecular complexity index is 974. The fourth-order valence-electron chi connectivity index (χ4n) is 2.65. The van der Waals surface area contributed by atoms with Crippen molar-refractivity contribution in [2.75, 3.05) is 6.61 Å². The normalized spacial score (nSPS) is 10.8. The minimum absolute atomic E-state index is 0.218. The molecular formula is C20H16Cl2O4S. The van der Waals surface area contributed by atoms with Crippen LogP contribution in [0.25, 0.3) is 10.4 Å². The molecule has 0 unspecified atom stereocenters. The molecule has 7 heteroatoms. The van der Waals surface area contributed by atoms with Crippen molar-refractivity contribution >= 4 is 40.5 Å². The van der Waals surface area contributed by atoms with Crippen LogP contribution < -0.4 is 4.74 Å². The van der Waals surface area contributed by atoms with Gasteiger partial charge in [-0.2, -0.15) is 0 Å². The summed E-state index contributed by atoms with van der Waals surface area (Å²) in [6, 6.07) is 12.5. The van der Waals surface area contributed by atoms with Crippen LogP contribution in [-0.2, 0) is 11.2 Å². The van der Waals surface area contributed by atoms with E-state index in [9.17, 15) is 9.90 Å². The van der Waals surface area contributed by atoms with Crippen molar-refractivity contribution in [3.8, 4) is 21.9 Å². The number of phenols is 1. The average molecular weight is 423 g/mol. The van der Waals surface area contributed by atoms with Crippen molar-refractivity contribution in [2.45, 2.75) is 13.3 Å². The predicted molar refractivity (Wildman–Crippen MR) is 109 cm³/mol. The van der Waals surface area contributed by atoms with Gasteiger partial charge in [-0.1, -0.05) is 29.3 Å². The molecule has 0 saturated heterocycles. The molecule has 0 aliphatic rings. The van der Waals surface area contributed by atoms with E-state index >= 15 is 0 Å². The van der Waals surface area contributed by atoms with E-state index in [2.05, 4.69) is 0 Å². The van der Waals surface area contributed by atoms with Crippen LogP contribution in [-0.4, -0.2) is 22.8 Å². The first kappa shape index (κ1) is 19.5. The van der Waals surface area contributed by atoms with E-state index in [1.54, 1.807) is 29.5 Å². The first-order valence-electron chi connectivity index (χ1n) is 8.04. The van der Waals surface area contributed by atoms with Crippen molar-refractivity contribution in [2.24, 2.45) is 0 Å². The van der Waals surface area contributed by atoms with E-state index in [-0.39, 0.29) is 5.75 Å². The number of ether oxygens (including phenoxy) is 1. The van der Waals surface area contributed by atoms with E-state index < -0.39 is 12.6 Å². The summed E-state index contributed by atoms with van der Waals surface area (Å²) < 4.78 is 5.13. The molecule has 0 aliphatic heterocycles. The van der Waals surface area contributed by atoms with E-state index in [0.717, 1.165) is 20.9 Å². The van der Waals surface area contributed by atoms with Gasteiger partial charge in [0.2, 0.25) is 0 Å². The number of rotatable bonds is 6. The van der Waals surface area contributed by atoms with E-state index in [4.69, 9.17) is 33.0 Å². The number of carboxylic acids is 1. The Balaban J connectivity index is 1.88. The van der Waals surface area contributed by atoms with Crippen LogP contribution in [0.1, 0.15) is 16.0 Å². The number of phenolic OH excluding ortho intramolecular Hbond substituents is 1. The molecule has 0 aliphatic carbocycles. The predicted octanol–water partition coefficient (Wildman–Crippen LogP) is 5.79. The Kier molecular flexibility index (Phi) is 5.95. The zero-order valence-electron chi connectivity index (χ0n) is 14.3. The van der Waals surface area contributed by atoms with Crippen LogP contribution in [0.3, 0.4) is 0 Å². The Hall–Kier alpha value is -2.21. The molecule has 3 aromatic rings. The summed E-state index contributed by atoms with van der Waals surface area (Å²) in [5.41, 5.74) is 2.41. The third-order valence-corrected chi connectivity index (χ3v) is 5.63. The quantitative estimate of drug-likeness (QED) is 0.527. The number of aromatic hydroxyl groups is 1. The first-order valence-corrected chi connectivity index (χ1v) is 9.62. The van der Waals surface area contributed by atoms with Crippen LogP contribution in [0.5, 0.6) is 11.5 Å². The molecule has 0 atom stereocenters. The summed E-state index contributed by atoms with van der Waals surface area (Å²) in [6.45, 7) is 1.55. The molecule has 1 heterocycles. The second-order valence-corrected chi connectivity index (χ2v) is 8.09. The summed E-state index contributed by atoms with van der Waals surface area (Å²) in [4.78, 5) is 12.8. The molecule has 0 spiro atoms. The molecule has 4 nitrogen and oxygen atoms in total. The standard InChI is InChI=1S/C20H16Cl2O4S/c1-11-2-5-19(27-11)15-7-12(3-4-18(15)23)6-14-16(21)8-13(9-17(14)22)26-10-20(24)25/h2-5,7-9,23H,6,10H2,1H3,(H,24,25). The Morgan fingerprint density at radius 3 is 2.41 bits per heavy atom. The van der Waals surface area contributed by atoms with E-state index in [0.29, 0.717) is 27.8 Å². The number of aliphatic carboxylic acids is 1. The maximum atomic E-state index is 10.6. The summed E-state index contributed by atoms with van der Waals surface area (Å²) in [5.74, 6) is -0.557. The monoisotopic (exact) mass is 422 g/mol. The Morgan fingerprint density at radius 2 is 1.81 bits per heavy atom. The third-order valence-electron chi connectivity index (χ3n) is 3.92. The van der Waals surface area contributed by atoms with Crippen molar-refractivity contribution in [3.05, 3.63) is 68.5 Å². The van der Waals surface area contributed by atoms with E-state index in [1.807, 2.05) is 31.2 Å². The largest absolute Gasteiger partial charge is 0.507 e. The Labute approximate surface area is 170 Å². The summed E-state index contributed by atoms with van der Waals surface area (Å²) in [5, 5.41) is 19.7. The molecule has 0 bridgehead atoms. The number of aryl methyl sites for hydroxylation is 1. The van der Waals surface area contributed by atoms with Gasteiger partial charge in [0, 0.05) is 31.8 Å². The molecule has 27 heavy (non-hydrogen) atoms. The maximum absolute atomic E-state index is 10.6. The fourth-order valence-corrected chi connectivity index (χ4v) is 4.14. The molecule has 2 aromatic carbocycles. The molecule has 3 rings (SSSR count). The van der Waals surface area contributed by atoms with Crippen LogP contribution in [0.2, 0.25) is 10.0 Å². The lowest BCUT2D eigenvalue weighted by Crippen LogP contribution is -2.09. The Morgan fingerprint density at radius 1 is 1.11 bits per heavy atom. The zero-order chi connectivity index (χ0) is 19.6. The van der Waals surface area contributed by atoms with Crippen molar-refractivity contribution < 1.29 is 19.7 Å².